The highest BCUT2D eigenvalue weighted by molar-refractivity contribution is 5.98. The monoisotopic (exact) mass is 439 g/mol. The van der Waals surface area contributed by atoms with E-state index in [1.165, 1.54) is 73.0 Å². The van der Waals surface area contributed by atoms with Gasteiger partial charge in [-0.15, -0.1) is 0 Å². The summed E-state index contributed by atoms with van der Waals surface area (Å²) in [5.74, 6) is 0.964. The Morgan fingerprint density at radius 1 is 0.727 bits per heavy atom. The third-order valence-corrected chi connectivity index (χ3v) is 6.53. The minimum absolute atomic E-state index is 0.761. The second-order valence-electron chi connectivity index (χ2n) is 8.96. The van der Waals surface area contributed by atoms with Gasteiger partial charge in [0.15, 0.2) is 0 Å². The van der Waals surface area contributed by atoms with E-state index in [1.54, 1.807) is 0 Å². The smallest absolute Gasteiger partial charge is 0.119 e. The molecule has 4 rings (SSSR count). The predicted octanol–water partition coefficient (Wildman–Crippen LogP) is 7.70. The van der Waals surface area contributed by atoms with Crippen molar-refractivity contribution in [2.24, 2.45) is 0 Å². The molecule has 1 aliphatic heterocycles. The number of benzene rings is 3. The standard InChI is InChI=1S/C31H37NO/c1-2-3-17-30(31(27-13-7-4-8-14-27)28-15-9-5-10-16-28)26-18-20-29(21-19-26)33-25-24-32-22-11-6-12-23-32/h4-5,7-10,13-16,18-21H,2-3,6,11-12,17,22-25H2,1H3. The average molecular weight is 440 g/mol. The Morgan fingerprint density at radius 3 is 1.91 bits per heavy atom. The summed E-state index contributed by atoms with van der Waals surface area (Å²) in [6.07, 6.45) is 7.44. The van der Waals surface area contributed by atoms with Gasteiger partial charge in [0.05, 0.1) is 0 Å². The number of hydrogen-bond acceptors (Lipinski definition) is 2. The molecule has 1 fully saturated rings. The third kappa shape index (κ3) is 6.58. The summed E-state index contributed by atoms with van der Waals surface area (Å²) in [6.45, 7) is 6.49. The number of allylic oxidation sites excluding steroid dienone is 1. The van der Waals surface area contributed by atoms with Crippen molar-refractivity contribution in [3.05, 3.63) is 102 Å². The number of nitrogens with zero attached hydrogens (tertiary/aromatic N) is 1. The van der Waals surface area contributed by atoms with E-state index in [4.69, 9.17) is 4.74 Å². The van der Waals surface area contributed by atoms with Gasteiger partial charge in [-0.1, -0.05) is 92.6 Å². The fraction of sp³-hybridized carbons (Fsp3) is 0.355. The zero-order valence-electron chi connectivity index (χ0n) is 20.0. The zero-order chi connectivity index (χ0) is 22.7. The first-order chi connectivity index (χ1) is 16.3. The van der Waals surface area contributed by atoms with Crippen LogP contribution < -0.4 is 4.74 Å². The topological polar surface area (TPSA) is 12.5 Å². The quantitative estimate of drug-likeness (QED) is 0.300. The molecule has 3 aromatic carbocycles. The second-order valence-corrected chi connectivity index (χ2v) is 8.96. The van der Waals surface area contributed by atoms with Crippen LogP contribution in [0.2, 0.25) is 0 Å². The van der Waals surface area contributed by atoms with E-state index in [9.17, 15) is 0 Å². The van der Waals surface area contributed by atoms with Crippen LogP contribution in [-0.2, 0) is 0 Å². The van der Waals surface area contributed by atoms with Gasteiger partial charge in [-0.3, -0.25) is 4.90 Å². The lowest BCUT2D eigenvalue weighted by atomic mass is 9.87. The molecule has 2 nitrogen and oxygen atoms in total. The summed E-state index contributed by atoms with van der Waals surface area (Å²) in [5.41, 5.74) is 6.58. The molecule has 3 aromatic rings. The van der Waals surface area contributed by atoms with E-state index < -0.39 is 0 Å². The van der Waals surface area contributed by atoms with Crippen LogP contribution in [0.3, 0.4) is 0 Å². The molecule has 1 heterocycles. The van der Waals surface area contributed by atoms with Crippen LogP contribution in [0.5, 0.6) is 5.75 Å². The van der Waals surface area contributed by atoms with Crippen LogP contribution in [0, 0.1) is 0 Å². The van der Waals surface area contributed by atoms with Gasteiger partial charge in [0.1, 0.15) is 12.4 Å². The summed E-state index contributed by atoms with van der Waals surface area (Å²) in [7, 11) is 0. The van der Waals surface area contributed by atoms with Gasteiger partial charge >= 0.3 is 0 Å². The molecular weight excluding hydrogens is 402 g/mol. The number of unbranched alkanes of at least 4 members (excludes halogenated alkanes) is 1. The fourth-order valence-corrected chi connectivity index (χ4v) is 4.72. The molecule has 0 aromatic heterocycles. The molecule has 2 heteroatoms. The molecule has 0 aliphatic carbocycles. The van der Waals surface area contributed by atoms with Crippen molar-refractivity contribution in [1.82, 2.24) is 4.90 Å². The van der Waals surface area contributed by atoms with Gasteiger partial charge in [0.2, 0.25) is 0 Å². The minimum atomic E-state index is 0.761. The number of likely N-dealkylation sites (tertiary alicyclic amines) is 1. The number of piperidine rings is 1. The van der Waals surface area contributed by atoms with Gasteiger partial charge in [-0.05, 0) is 78.7 Å². The maximum Gasteiger partial charge on any atom is 0.119 e. The highest BCUT2D eigenvalue weighted by Crippen LogP contribution is 2.36. The Kier molecular flexibility index (Phi) is 8.77. The molecule has 33 heavy (non-hydrogen) atoms. The molecule has 172 valence electrons. The summed E-state index contributed by atoms with van der Waals surface area (Å²) in [5, 5.41) is 0. The van der Waals surface area contributed by atoms with Crippen molar-refractivity contribution in [3.63, 3.8) is 0 Å². The Labute approximate surface area is 199 Å². The van der Waals surface area contributed by atoms with E-state index in [-0.39, 0.29) is 0 Å². The molecule has 0 unspecified atom stereocenters. The normalized spacial score (nSPS) is 14.1. The van der Waals surface area contributed by atoms with Crippen LogP contribution in [-0.4, -0.2) is 31.1 Å². The first-order valence-corrected chi connectivity index (χ1v) is 12.6. The second kappa shape index (κ2) is 12.4. The zero-order valence-corrected chi connectivity index (χ0v) is 20.0. The molecule has 0 spiro atoms. The van der Waals surface area contributed by atoms with Crippen molar-refractivity contribution in [3.8, 4) is 5.75 Å². The predicted molar refractivity (Wildman–Crippen MR) is 141 cm³/mol. The van der Waals surface area contributed by atoms with Gasteiger partial charge in [0, 0.05) is 6.54 Å². The van der Waals surface area contributed by atoms with E-state index in [1.807, 2.05) is 0 Å². The largest absolute Gasteiger partial charge is 0.492 e. The molecule has 0 bridgehead atoms. The molecule has 1 aliphatic rings. The van der Waals surface area contributed by atoms with Crippen LogP contribution in [0.25, 0.3) is 11.1 Å². The Balaban J connectivity index is 1.59. The van der Waals surface area contributed by atoms with Crippen LogP contribution in [0.4, 0.5) is 0 Å². The van der Waals surface area contributed by atoms with Crippen molar-refractivity contribution in [2.75, 3.05) is 26.2 Å². The fourth-order valence-electron chi connectivity index (χ4n) is 4.72. The summed E-state index contributed by atoms with van der Waals surface area (Å²) in [6, 6.07) is 30.4. The summed E-state index contributed by atoms with van der Waals surface area (Å²) in [4.78, 5) is 2.52. The summed E-state index contributed by atoms with van der Waals surface area (Å²) >= 11 is 0. The molecule has 1 saturated heterocycles. The van der Waals surface area contributed by atoms with Crippen LogP contribution in [0.15, 0.2) is 84.9 Å². The number of rotatable bonds is 10. The van der Waals surface area contributed by atoms with Crippen molar-refractivity contribution in [1.29, 1.82) is 0 Å². The van der Waals surface area contributed by atoms with Gasteiger partial charge in [0.25, 0.3) is 0 Å². The van der Waals surface area contributed by atoms with Crippen molar-refractivity contribution >= 4 is 11.1 Å². The van der Waals surface area contributed by atoms with E-state index in [0.29, 0.717) is 0 Å². The maximum atomic E-state index is 6.10. The third-order valence-electron chi connectivity index (χ3n) is 6.53. The lowest BCUT2D eigenvalue weighted by molar-refractivity contribution is 0.183. The van der Waals surface area contributed by atoms with Gasteiger partial charge in [-0.2, -0.15) is 0 Å². The molecule has 0 atom stereocenters. The van der Waals surface area contributed by atoms with E-state index in [2.05, 4.69) is 96.8 Å². The minimum Gasteiger partial charge on any atom is -0.492 e. The van der Waals surface area contributed by atoms with Crippen molar-refractivity contribution < 1.29 is 4.74 Å². The van der Waals surface area contributed by atoms with Gasteiger partial charge < -0.3 is 4.74 Å². The molecular formula is C31H37NO. The molecule has 0 saturated carbocycles. The molecule has 0 amide bonds. The first kappa shape index (κ1) is 23.3. The average Bonchev–Trinajstić information content (AvgIpc) is 2.89. The lowest BCUT2D eigenvalue weighted by Crippen LogP contribution is -2.33. The number of hydrogen-bond donors (Lipinski definition) is 0. The molecule has 0 radical (unpaired) electrons. The van der Waals surface area contributed by atoms with E-state index >= 15 is 0 Å². The Morgan fingerprint density at radius 2 is 1.33 bits per heavy atom. The Hall–Kier alpha value is -2.84. The van der Waals surface area contributed by atoms with E-state index in [0.717, 1.165) is 25.3 Å². The number of ether oxygens (including phenoxy) is 1. The molecule has 0 N–H and O–H groups in total. The Bertz CT molecular complexity index is 945. The highest BCUT2D eigenvalue weighted by atomic mass is 16.5. The van der Waals surface area contributed by atoms with Crippen LogP contribution >= 0.6 is 0 Å². The van der Waals surface area contributed by atoms with Gasteiger partial charge in [-0.25, -0.2) is 0 Å². The van der Waals surface area contributed by atoms with Crippen molar-refractivity contribution in [2.45, 2.75) is 45.4 Å². The van der Waals surface area contributed by atoms with Crippen LogP contribution in [0.1, 0.15) is 62.1 Å². The maximum absolute atomic E-state index is 6.10. The lowest BCUT2D eigenvalue weighted by Gasteiger charge is -2.26. The first-order valence-electron chi connectivity index (χ1n) is 12.6. The highest BCUT2D eigenvalue weighted by Gasteiger charge is 2.14. The SMILES string of the molecule is CCCCC(=C(c1ccccc1)c1ccccc1)c1ccc(OCCN2CCCCC2)cc1. The summed E-state index contributed by atoms with van der Waals surface area (Å²) < 4.78 is 6.10.